The normalized spacial score (nSPS) is 18.6. The molecule has 2 atom stereocenters. The van der Waals surface area contributed by atoms with Crippen LogP contribution in [0.1, 0.15) is 24.8 Å². The van der Waals surface area contributed by atoms with E-state index in [4.69, 9.17) is 4.74 Å². The molecule has 0 unspecified atom stereocenters. The summed E-state index contributed by atoms with van der Waals surface area (Å²) in [6.45, 7) is 3.58. The summed E-state index contributed by atoms with van der Waals surface area (Å²) in [6, 6.07) is 9.36. The second-order valence-electron chi connectivity index (χ2n) is 5.73. The summed E-state index contributed by atoms with van der Waals surface area (Å²) in [5.74, 6) is -0.918. The van der Waals surface area contributed by atoms with Gasteiger partial charge in [0.25, 0.3) is 0 Å². The van der Waals surface area contributed by atoms with Gasteiger partial charge >= 0.3 is 6.09 Å². The molecule has 1 aliphatic rings. The summed E-state index contributed by atoms with van der Waals surface area (Å²) in [5.41, 5.74) is 1.04. The lowest BCUT2D eigenvalue weighted by molar-refractivity contribution is -0.135. The standard InChI is InChI=1S/C18H23NO4/c1-2-3-5-10-15(12-20)17(21)19-16(13-23-18(19)22)11-14-8-6-4-7-9-14/h2,4,6-9,15-16,20H,1,3,5,10-13H2/t15-,16+/m1/s1. The molecule has 5 heteroatoms. The van der Waals surface area contributed by atoms with E-state index in [2.05, 4.69) is 6.58 Å². The third-order valence-electron chi connectivity index (χ3n) is 4.04. The van der Waals surface area contributed by atoms with Crippen LogP contribution in [-0.4, -0.2) is 41.3 Å². The monoisotopic (exact) mass is 317 g/mol. The first-order chi connectivity index (χ1) is 11.2. The summed E-state index contributed by atoms with van der Waals surface area (Å²) >= 11 is 0. The molecular formula is C18H23NO4. The minimum Gasteiger partial charge on any atom is -0.447 e. The van der Waals surface area contributed by atoms with Gasteiger partial charge in [0.05, 0.1) is 18.6 Å². The van der Waals surface area contributed by atoms with Gasteiger partial charge in [-0.25, -0.2) is 9.69 Å². The third kappa shape index (κ3) is 4.42. The van der Waals surface area contributed by atoms with Crippen LogP contribution in [0.25, 0.3) is 0 Å². The van der Waals surface area contributed by atoms with Crippen molar-refractivity contribution in [3.05, 3.63) is 48.6 Å². The molecule has 1 aromatic rings. The summed E-state index contributed by atoms with van der Waals surface area (Å²) in [4.78, 5) is 25.8. The molecule has 0 saturated carbocycles. The van der Waals surface area contributed by atoms with E-state index >= 15 is 0 Å². The van der Waals surface area contributed by atoms with Crippen molar-refractivity contribution < 1.29 is 19.4 Å². The second kappa shape index (κ2) is 8.48. The molecule has 2 amide bonds. The van der Waals surface area contributed by atoms with Crippen molar-refractivity contribution in [2.24, 2.45) is 5.92 Å². The van der Waals surface area contributed by atoms with Crippen LogP contribution in [0.5, 0.6) is 0 Å². The fraction of sp³-hybridized carbons (Fsp3) is 0.444. The Morgan fingerprint density at radius 2 is 2.17 bits per heavy atom. The minimum absolute atomic E-state index is 0.199. The van der Waals surface area contributed by atoms with Gasteiger partial charge in [-0.2, -0.15) is 0 Å². The molecule has 124 valence electrons. The zero-order valence-corrected chi connectivity index (χ0v) is 13.2. The molecule has 23 heavy (non-hydrogen) atoms. The van der Waals surface area contributed by atoms with Crippen LogP contribution in [0, 0.1) is 5.92 Å². The maximum atomic E-state index is 12.6. The van der Waals surface area contributed by atoms with Gasteiger partial charge in [0.1, 0.15) is 6.61 Å². The zero-order valence-electron chi connectivity index (χ0n) is 13.2. The van der Waals surface area contributed by atoms with E-state index in [0.29, 0.717) is 12.8 Å². The van der Waals surface area contributed by atoms with E-state index < -0.39 is 12.0 Å². The average Bonchev–Trinajstić information content (AvgIpc) is 2.92. The summed E-state index contributed by atoms with van der Waals surface area (Å²) in [5, 5.41) is 9.49. The second-order valence-corrected chi connectivity index (χ2v) is 5.73. The molecule has 1 saturated heterocycles. The highest BCUT2D eigenvalue weighted by Crippen LogP contribution is 2.22. The van der Waals surface area contributed by atoms with E-state index in [9.17, 15) is 14.7 Å². The first kappa shape index (κ1) is 17.2. The van der Waals surface area contributed by atoms with Gasteiger partial charge in [0.15, 0.2) is 0 Å². The van der Waals surface area contributed by atoms with Gasteiger partial charge in [0.2, 0.25) is 5.91 Å². The van der Waals surface area contributed by atoms with Gasteiger partial charge in [-0.1, -0.05) is 36.4 Å². The Morgan fingerprint density at radius 3 is 2.83 bits per heavy atom. The lowest BCUT2D eigenvalue weighted by Crippen LogP contribution is -2.44. The number of unbranched alkanes of at least 4 members (excludes halogenated alkanes) is 1. The molecule has 0 aromatic heterocycles. The lowest BCUT2D eigenvalue weighted by Gasteiger charge is -2.24. The van der Waals surface area contributed by atoms with Crippen LogP contribution < -0.4 is 0 Å². The minimum atomic E-state index is -0.613. The SMILES string of the molecule is C=CCCC[C@H](CO)C(=O)N1C(=O)OC[C@@H]1Cc1ccccc1. The Kier molecular flexibility index (Phi) is 6.35. The number of nitrogens with zero attached hydrogens (tertiary/aromatic N) is 1. The molecule has 0 aliphatic carbocycles. The van der Waals surface area contributed by atoms with Crippen molar-refractivity contribution in [3.8, 4) is 0 Å². The molecule has 1 aromatic carbocycles. The molecule has 2 rings (SSSR count). The largest absolute Gasteiger partial charge is 0.447 e. The number of allylic oxidation sites excluding steroid dienone is 1. The predicted molar refractivity (Wildman–Crippen MR) is 86.8 cm³/mol. The van der Waals surface area contributed by atoms with Gasteiger partial charge in [0, 0.05) is 0 Å². The zero-order chi connectivity index (χ0) is 16.7. The quantitative estimate of drug-likeness (QED) is 0.591. The first-order valence-corrected chi connectivity index (χ1v) is 7.93. The van der Waals surface area contributed by atoms with Crippen LogP contribution in [-0.2, 0) is 16.0 Å². The van der Waals surface area contributed by atoms with Crippen molar-refractivity contribution in [2.45, 2.75) is 31.7 Å². The number of carbonyl (C=O) groups is 2. The van der Waals surface area contributed by atoms with Crippen molar-refractivity contribution >= 4 is 12.0 Å². The molecule has 5 nitrogen and oxygen atoms in total. The van der Waals surface area contributed by atoms with Crippen molar-refractivity contribution in [1.82, 2.24) is 4.90 Å². The Morgan fingerprint density at radius 1 is 1.43 bits per heavy atom. The van der Waals surface area contributed by atoms with E-state index in [1.54, 1.807) is 6.08 Å². The highest BCUT2D eigenvalue weighted by Gasteiger charge is 2.40. The number of cyclic esters (lactones) is 1. The number of amides is 2. The van der Waals surface area contributed by atoms with E-state index in [0.717, 1.165) is 18.4 Å². The molecule has 1 fully saturated rings. The maximum absolute atomic E-state index is 12.6. The van der Waals surface area contributed by atoms with Crippen molar-refractivity contribution in [1.29, 1.82) is 0 Å². The number of aliphatic hydroxyl groups is 1. The molecular weight excluding hydrogens is 294 g/mol. The number of imide groups is 1. The number of ether oxygens (including phenoxy) is 1. The van der Waals surface area contributed by atoms with Crippen LogP contribution >= 0.6 is 0 Å². The summed E-state index contributed by atoms with van der Waals surface area (Å²) in [6.07, 6.45) is 3.79. The van der Waals surface area contributed by atoms with Gasteiger partial charge in [-0.3, -0.25) is 4.79 Å². The number of benzene rings is 1. The molecule has 1 aliphatic heterocycles. The van der Waals surface area contributed by atoms with E-state index in [1.807, 2.05) is 30.3 Å². The molecule has 0 spiro atoms. The lowest BCUT2D eigenvalue weighted by atomic mass is 9.99. The molecule has 1 N–H and O–H groups in total. The van der Waals surface area contributed by atoms with Gasteiger partial charge in [-0.15, -0.1) is 6.58 Å². The number of rotatable bonds is 8. The third-order valence-corrected chi connectivity index (χ3v) is 4.04. The van der Waals surface area contributed by atoms with Crippen LogP contribution in [0.15, 0.2) is 43.0 Å². The predicted octanol–water partition coefficient (Wildman–Crippen LogP) is 2.54. The number of hydrogen-bond donors (Lipinski definition) is 1. The Labute approximate surface area is 136 Å². The topological polar surface area (TPSA) is 66.8 Å². The van der Waals surface area contributed by atoms with Gasteiger partial charge in [-0.05, 0) is 31.2 Å². The fourth-order valence-electron chi connectivity index (χ4n) is 2.77. The Bertz CT molecular complexity index is 543. The summed E-state index contributed by atoms with van der Waals surface area (Å²) in [7, 11) is 0. The van der Waals surface area contributed by atoms with E-state index in [-0.39, 0.29) is 25.2 Å². The van der Waals surface area contributed by atoms with Crippen LogP contribution in [0.4, 0.5) is 4.79 Å². The van der Waals surface area contributed by atoms with Gasteiger partial charge < -0.3 is 9.84 Å². The fourth-order valence-corrected chi connectivity index (χ4v) is 2.77. The Hall–Kier alpha value is -2.14. The smallest absolute Gasteiger partial charge is 0.416 e. The first-order valence-electron chi connectivity index (χ1n) is 7.93. The van der Waals surface area contributed by atoms with Crippen molar-refractivity contribution in [2.75, 3.05) is 13.2 Å². The molecule has 0 bridgehead atoms. The number of aliphatic hydroxyl groups excluding tert-OH is 1. The number of hydrogen-bond acceptors (Lipinski definition) is 4. The number of carbonyl (C=O) groups excluding carboxylic acids is 2. The average molecular weight is 317 g/mol. The Balaban J connectivity index is 2.05. The molecule has 1 heterocycles. The summed E-state index contributed by atoms with van der Waals surface area (Å²) < 4.78 is 5.06. The van der Waals surface area contributed by atoms with Crippen LogP contribution in [0.3, 0.4) is 0 Å². The van der Waals surface area contributed by atoms with E-state index in [1.165, 1.54) is 4.90 Å². The van der Waals surface area contributed by atoms with Crippen LogP contribution in [0.2, 0.25) is 0 Å². The highest BCUT2D eigenvalue weighted by atomic mass is 16.6. The highest BCUT2D eigenvalue weighted by molar-refractivity contribution is 5.94. The maximum Gasteiger partial charge on any atom is 0.416 e. The molecule has 0 radical (unpaired) electrons. The van der Waals surface area contributed by atoms with Crippen molar-refractivity contribution in [3.63, 3.8) is 0 Å².